The molecule has 2 amide bonds. The van der Waals surface area contributed by atoms with Crippen LogP contribution in [0.25, 0.3) is 22.9 Å². The van der Waals surface area contributed by atoms with Gasteiger partial charge in [-0.25, -0.2) is 9.59 Å². The molecule has 0 unspecified atom stereocenters. The molecule has 0 radical (unpaired) electrons. The van der Waals surface area contributed by atoms with Gasteiger partial charge in [-0.2, -0.15) is 0 Å². The second-order valence-corrected chi connectivity index (χ2v) is 7.11. The first-order valence-electron chi connectivity index (χ1n) is 9.87. The van der Waals surface area contributed by atoms with Crippen molar-refractivity contribution in [2.24, 2.45) is 5.73 Å². The highest BCUT2D eigenvalue weighted by atomic mass is 16.4. The Kier molecular flexibility index (Phi) is 5.59. The maximum atomic E-state index is 11.8. The summed E-state index contributed by atoms with van der Waals surface area (Å²) in [6.45, 7) is 0. The topological polar surface area (TPSA) is 104 Å². The van der Waals surface area contributed by atoms with Crippen LogP contribution in [0.2, 0.25) is 0 Å². The number of nitrogens with two attached hydrogens (primary N) is 1. The minimum Gasteiger partial charge on any atom is -0.506 e. The van der Waals surface area contributed by atoms with Crippen LogP contribution in [0.5, 0.6) is 5.75 Å². The zero-order valence-corrected chi connectivity index (χ0v) is 17.0. The van der Waals surface area contributed by atoms with E-state index in [0.29, 0.717) is 5.39 Å². The molecule has 158 valence electrons. The van der Waals surface area contributed by atoms with Gasteiger partial charge in [0.1, 0.15) is 11.3 Å². The highest BCUT2D eigenvalue weighted by Crippen LogP contribution is 2.35. The van der Waals surface area contributed by atoms with Gasteiger partial charge in [-0.15, -0.1) is 0 Å². The first-order chi connectivity index (χ1) is 15.5. The molecule has 0 aromatic heterocycles. The zero-order valence-electron chi connectivity index (χ0n) is 17.0. The first kappa shape index (κ1) is 20.7. The van der Waals surface area contributed by atoms with Crippen LogP contribution in [0.3, 0.4) is 0 Å². The summed E-state index contributed by atoms with van der Waals surface area (Å²) in [4.78, 5) is 24.0. The fraction of sp³-hybridized carbons (Fsp3) is 0. The van der Waals surface area contributed by atoms with E-state index >= 15 is 0 Å². The molecule has 1 aliphatic rings. The number of benzene rings is 4. The number of anilines is 2. The van der Waals surface area contributed by atoms with Crippen LogP contribution in [0.4, 0.5) is 16.2 Å². The van der Waals surface area contributed by atoms with Gasteiger partial charge in [0, 0.05) is 5.39 Å². The molecule has 0 bridgehead atoms. The minimum atomic E-state index is -1.12. The third-order valence-electron chi connectivity index (χ3n) is 5.15. The average Bonchev–Trinajstić information content (AvgIpc) is 2.97. The summed E-state index contributed by atoms with van der Waals surface area (Å²) in [5.74, 6) is -1.29. The quantitative estimate of drug-likeness (QED) is 0.368. The molecule has 0 fully saturated rings. The van der Waals surface area contributed by atoms with E-state index in [1.165, 1.54) is 6.07 Å². The number of urea groups is 1. The Morgan fingerprint density at radius 2 is 1.25 bits per heavy atom. The molecular weight excluding hydrogens is 404 g/mol. The van der Waals surface area contributed by atoms with E-state index in [0.717, 1.165) is 27.9 Å². The lowest BCUT2D eigenvalue weighted by Gasteiger charge is -2.22. The SMILES string of the molecule is NC(=O)N1c2ccccc2C=Cc2ccccc21.O=C(O)c1ccc2ccccc2c1O. The number of carbonyl (C=O) groups excluding carboxylic acids is 1. The number of phenols is 1. The Morgan fingerprint density at radius 3 is 1.81 bits per heavy atom. The molecule has 0 saturated carbocycles. The summed E-state index contributed by atoms with van der Waals surface area (Å²) in [6, 6.07) is 25.1. The van der Waals surface area contributed by atoms with Crippen LogP contribution < -0.4 is 10.6 Å². The number of carboxylic acids is 1. The number of rotatable bonds is 1. The van der Waals surface area contributed by atoms with Crippen molar-refractivity contribution < 1.29 is 19.8 Å². The lowest BCUT2D eigenvalue weighted by Crippen LogP contribution is -2.32. The molecule has 4 aromatic carbocycles. The van der Waals surface area contributed by atoms with Crippen LogP contribution in [-0.2, 0) is 0 Å². The number of aromatic hydroxyl groups is 1. The van der Waals surface area contributed by atoms with Crippen molar-refractivity contribution in [1.82, 2.24) is 0 Å². The Bertz CT molecular complexity index is 1310. The number of fused-ring (bicyclic) bond motifs is 3. The Balaban J connectivity index is 0.000000158. The highest BCUT2D eigenvalue weighted by molar-refractivity contribution is 6.05. The lowest BCUT2D eigenvalue weighted by atomic mass is 10.1. The molecule has 0 atom stereocenters. The van der Waals surface area contributed by atoms with E-state index in [9.17, 15) is 14.7 Å². The van der Waals surface area contributed by atoms with Gasteiger partial charge in [0.2, 0.25) is 0 Å². The molecule has 4 aromatic rings. The predicted molar refractivity (Wildman–Crippen MR) is 126 cm³/mol. The van der Waals surface area contributed by atoms with Gasteiger partial charge in [0.15, 0.2) is 0 Å². The Morgan fingerprint density at radius 1 is 0.719 bits per heavy atom. The minimum absolute atomic E-state index is 0.0660. The Labute approximate surface area is 184 Å². The molecule has 5 rings (SSSR count). The van der Waals surface area contributed by atoms with Gasteiger partial charge in [-0.05, 0) is 34.7 Å². The first-order valence-corrected chi connectivity index (χ1v) is 9.87. The van der Waals surface area contributed by atoms with Crippen molar-refractivity contribution >= 4 is 46.3 Å². The van der Waals surface area contributed by atoms with E-state index in [4.69, 9.17) is 10.8 Å². The fourth-order valence-electron chi connectivity index (χ4n) is 3.64. The van der Waals surface area contributed by atoms with Crippen molar-refractivity contribution in [2.75, 3.05) is 4.90 Å². The number of hydrogen-bond donors (Lipinski definition) is 3. The van der Waals surface area contributed by atoms with E-state index in [1.54, 1.807) is 23.1 Å². The maximum absolute atomic E-state index is 11.8. The second-order valence-electron chi connectivity index (χ2n) is 7.11. The molecule has 0 spiro atoms. The number of nitrogens with zero attached hydrogens (tertiary/aromatic N) is 1. The zero-order chi connectivity index (χ0) is 22.7. The number of para-hydroxylation sites is 2. The second kappa shape index (κ2) is 8.65. The van der Waals surface area contributed by atoms with Crippen LogP contribution >= 0.6 is 0 Å². The maximum Gasteiger partial charge on any atom is 0.339 e. The molecule has 32 heavy (non-hydrogen) atoms. The highest BCUT2D eigenvalue weighted by Gasteiger charge is 2.21. The Hall–Kier alpha value is -4.58. The van der Waals surface area contributed by atoms with E-state index in [-0.39, 0.29) is 11.3 Å². The van der Waals surface area contributed by atoms with Crippen molar-refractivity contribution in [3.05, 3.63) is 102 Å². The monoisotopic (exact) mass is 424 g/mol. The molecule has 6 heteroatoms. The summed E-state index contributed by atoms with van der Waals surface area (Å²) in [5.41, 5.74) is 9.04. The fourth-order valence-corrected chi connectivity index (χ4v) is 3.64. The van der Waals surface area contributed by atoms with Crippen LogP contribution in [0.1, 0.15) is 21.5 Å². The molecule has 6 nitrogen and oxygen atoms in total. The van der Waals surface area contributed by atoms with Gasteiger partial charge in [0.05, 0.1) is 11.4 Å². The van der Waals surface area contributed by atoms with Gasteiger partial charge in [-0.1, -0.05) is 78.9 Å². The number of carbonyl (C=O) groups is 2. The van der Waals surface area contributed by atoms with Crippen molar-refractivity contribution in [2.45, 2.75) is 0 Å². The molecule has 4 N–H and O–H groups in total. The molecule has 1 aliphatic heterocycles. The van der Waals surface area contributed by atoms with Gasteiger partial charge in [-0.3, -0.25) is 4.90 Å². The summed E-state index contributed by atoms with van der Waals surface area (Å²) in [7, 11) is 0. The van der Waals surface area contributed by atoms with E-state index in [2.05, 4.69) is 0 Å². The van der Waals surface area contributed by atoms with Crippen molar-refractivity contribution in [3.8, 4) is 5.75 Å². The number of carboxylic acid groups (broad SMARTS) is 1. The summed E-state index contributed by atoms with van der Waals surface area (Å²) in [6.07, 6.45) is 3.99. The largest absolute Gasteiger partial charge is 0.506 e. The predicted octanol–water partition coefficient (Wildman–Crippen LogP) is 5.63. The smallest absolute Gasteiger partial charge is 0.339 e. The third kappa shape index (κ3) is 3.89. The molecular formula is C26H20N2O4. The van der Waals surface area contributed by atoms with Gasteiger partial charge < -0.3 is 15.9 Å². The van der Waals surface area contributed by atoms with Crippen molar-refractivity contribution in [1.29, 1.82) is 0 Å². The van der Waals surface area contributed by atoms with Gasteiger partial charge >= 0.3 is 12.0 Å². The molecule has 1 heterocycles. The standard InChI is InChI=1S/C15H12N2O.C11H8O3/c16-15(18)17-13-7-3-1-5-11(13)9-10-12-6-2-4-8-14(12)17;12-10-8-4-2-1-3-7(8)5-6-9(10)11(13)14/h1-10H,(H2,16,18);1-6,12H,(H,13,14). The number of amides is 2. The van der Waals surface area contributed by atoms with E-state index < -0.39 is 12.0 Å². The van der Waals surface area contributed by atoms with E-state index in [1.807, 2.05) is 72.8 Å². The normalized spacial score (nSPS) is 11.6. The summed E-state index contributed by atoms with van der Waals surface area (Å²) in [5, 5.41) is 19.8. The van der Waals surface area contributed by atoms with Gasteiger partial charge in [0.25, 0.3) is 0 Å². The van der Waals surface area contributed by atoms with Crippen LogP contribution in [0.15, 0.2) is 84.9 Å². The molecule has 0 saturated heterocycles. The summed E-state index contributed by atoms with van der Waals surface area (Å²) < 4.78 is 0. The third-order valence-corrected chi connectivity index (χ3v) is 5.15. The summed E-state index contributed by atoms with van der Waals surface area (Å²) >= 11 is 0. The van der Waals surface area contributed by atoms with Crippen molar-refractivity contribution in [3.63, 3.8) is 0 Å². The average molecular weight is 424 g/mol. The molecule has 0 aliphatic carbocycles. The number of aromatic carboxylic acids is 1. The number of hydrogen-bond acceptors (Lipinski definition) is 3. The van der Waals surface area contributed by atoms with Crippen LogP contribution in [-0.4, -0.2) is 22.2 Å². The lowest BCUT2D eigenvalue weighted by molar-refractivity contribution is 0.0694. The number of primary amides is 1. The van der Waals surface area contributed by atoms with Crippen LogP contribution in [0, 0.1) is 0 Å².